The first-order valence-electron chi connectivity index (χ1n) is 34.2. The van der Waals surface area contributed by atoms with Crippen LogP contribution in [0.4, 0.5) is 0 Å². The lowest BCUT2D eigenvalue weighted by Crippen LogP contribution is -2.45. The highest BCUT2D eigenvalue weighted by Crippen LogP contribution is 2.19. The van der Waals surface area contributed by atoms with Gasteiger partial charge in [-0.05, 0) is 57.8 Å². The van der Waals surface area contributed by atoms with E-state index >= 15 is 0 Å². The topological polar surface area (TPSA) is 69.6 Å². The molecule has 0 aliphatic rings. The second-order valence-corrected chi connectivity index (χ2v) is 23.6. The molecule has 0 saturated carbocycles. The Kier molecular flexibility index (Phi) is 64.7. The van der Waals surface area contributed by atoms with Crippen molar-refractivity contribution < 1.29 is 15.0 Å². The third-order valence-corrected chi connectivity index (χ3v) is 16.1. The highest BCUT2D eigenvalue weighted by atomic mass is 16.3. The first-order valence-corrected chi connectivity index (χ1v) is 34.2. The highest BCUT2D eigenvalue weighted by molar-refractivity contribution is 5.76. The van der Waals surface area contributed by atoms with Crippen LogP contribution in [0.15, 0.2) is 36.5 Å². The number of hydrogen-bond acceptors (Lipinski definition) is 3. The molecule has 0 aromatic heterocycles. The summed E-state index contributed by atoms with van der Waals surface area (Å²) in [4.78, 5) is 12.5. The smallest absolute Gasteiger partial charge is 0.220 e. The van der Waals surface area contributed by atoms with Gasteiger partial charge >= 0.3 is 0 Å². The number of aliphatic hydroxyl groups excluding tert-OH is 2. The van der Waals surface area contributed by atoms with Gasteiger partial charge in [-0.2, -0.15) is 0 Å². The summed E-state index contributed by atoms with van der Waals surface area (Å²) in [5.41, 5.74) is 0. The Morgan fingerprint density at radius 1 is 0.311 bits per heavy atom. The van der Waals surface area contributed by atoms with Gasteiger partial charge in [-0.25, -0.2) is 0 Å². The minimum absolute atomic E-state index is 0.0665. The lowest BCUT2D eigenvalue weighted by Gasteiger charge is -2.19. The summed E-state index contributed by atoms with van der Waals surface area (Å²) in [6, 6.07) is -0.639. The molecule has 0 aromatic rings. The molecule has 2 unspecified atom stereocenters. The summed E-state index contributed by atoms with van der Waals surface area (Å²) < 4.78 is 0. The average Bonchev–Trinajstić information content (AvgIpc) is 3.40. The number of nitrogens with one attached hydrogen (secondary N) is 1. The third kappa shape index (κ3) is 61.5. The van der Waals surface area contributed by atoms with Crippen LogP contribution in [0.2, 0.25) is 0 Å². The van der Waals surface area contributed by atoms with Crippen molar-refractivity contribution in [1.29, 1.82) is 0 Å². The molecule has 74 heavy (non-hydrogen) atoms. The quantitative estimate of drug-likeness (QED) is 0.0420. The Bertz CT molecular complexity index is 1130. The number of carbonyl (C=O) groups is 1. The van der Waals surface area contributed by atoms with Crippen LogP contribution in [0.1, 0.15) is 386 Å². The monoisotopic (exact) mass is 1040 g/mol. The van der Waals surface area contributed by atoms with Crippen molar-refractivity contribution in [3.05, 3.63) is 36.5 Å². The second kappa shape index (κ2) is 65.9. The van der Waals surface area contributed by atoms with Crippen molar-refractivity contribution >= 4 is 5.91 Å². The molecule has 4 nitrogen and oxygen atoms in total. The molecule has 3 N–H and O–H groups in total. The molecule has 438 valence electrons. The van der Waals surface area contributed by atoms with Crippen molar-refractivity contribution in [2.24, 2.45) is 0 Å². The molecule has 1 amide bonds. The zero-order valence-corrected chi connectivity index (χ0v) is 50.6. The molecule has 0 saturated heterocycles. The van der Waals surface area contributed by atoms with E-state index < -0.39 is 12.1 Å². The predicted octanol–water partition coefficient (Wildman–Crippen LogP) is 23.2. The molecule has 0 fully saturated rings. The molecule has 0 aliphatic carbocycles. The molecular formula is C70H135NO3. The van der Waals surface area contributed by atoms with E-state index in [9.17, 15) is 15.0 Å². The van der Waals surface area contributed by atoms with E-state index in [-0.39, 0.29) is 12.5 Å². The van der Waals surface area contributed by atoms with Gasteiger partial charge in [0.1, 0.15) is 0 Å². The maximum absolute atomic E-state index is 12.5. The average molecular weight is 1040 g/mol. The lowest BCUT2D eigenvalue weighted by atomic mass is 10.0. The van der Waals surface area contributed by atoms with E-state index in [0.29, 0.717) is 6.42 Å². The van der Waals surface area contributed by atoms with E-state index in [0.717, 1.165) is 32.1 Å². The van der Waals surface area contributed by atoms with E-state index in [2.05, 4.69) is 43.5 Å². The van der Waals surface area contributed by atoms with Gasteiger partial charge in [0.15, 0.2) is 0 Å². The molecule has 0 heterocycles. The molecule has 4 heteroatoms. The van der Waals surface area contributed by atoms with Crippen LogP contribution in [0.25, 0.3) is 0 Å². The lowest BCUT2D eigenvalue weighted by molar-refractivity contribution is -0.123. The van der Waals surface area contributed by atoms with Gasteiger partial charge in [0, 0.05) is 6.42 Å². The molecule has 0 aliphatic heterocycles. The van der Waals surface area contributed by atoms with Crippen LogP contribution in [0, 0.1) is 0 Å². The van der Waals surface area contributed by atoms with Gasteiger partial charge in [-0.1, -0.05) is 359 Å². The normalized spacial score (nSPS) is 12.9. The summed E-state index contributed by atoms with van der Waals surface area (Å²) in [6.07, 6.45) is 90.9. The minimum atomic E-state index is -0.863. The van der Waals surface area contributed by atoms with Crippen LogP contribution < -0.4 is 5.32 Å². The largest absolute Gasteiger partial charge is 0.394 e. The van der Waals surface area contributed by atoms with Gasteiger partial charge < -0.3 is 15.5 Å². The van der Waals surface area contributed by atoms with E-state index in [1.807, 2.05) is 6.08 Å². The Labute approximate surface area is 465 Å². The summed E-state index contributed by atoms with van der Waals surface area (Å²) in [6.45, 7) is 4.35. The number of allylic oxidation sites excluding steroid dienone is 5. The molecule has 0 rings (SSSR count). The molecule has 0 aromatic carbocycles. The van der Waals surface area contributed by atoms with Crippen LogP contribution >= 0.6 is 0 Å². The summed E-state index contributed by atoms with van der Waals surface area (Å²) in [7, 11) is 0. The van der Waals surface area contributed by atoms with Gasteiger partial charge in [0.2, 0.25) is 5.91 Å². The SMILES string of the molecule is CCCCCCCCCCCCCCCCCC/C=C\CCCCCCCCCCCCCCCCCCCC(=O)NC(CO)C(O)/C=C/CC/C=C/CCCCCCCCCCCCCCCCCCCCC. The van der Waals surface area contributed by atoms with E-state index in [4.69, 9.17) is 0 Å². The number of rotatable bonds is 64. The number of aliphatic hydroxyl groups is 2. The zero-order valence-electron chi connectivity index (χ0n) is 50.6. The van der Waals surface area contributed by atoms with Crippen molar-refractivity contribution in [3.8, 4) is 0 Å². The van der Waals surface area contributed by atoms with E-state index in [1.165, 1.54) is 334 Å². The van der Waals surface area contributed by atoms with Crippen LogP contribution in [0.3, 0.4) is 0 Å². The Hall–Kier alpha value is -1.39. The number of carbonyl (C=O) groups excluding carboxylic acids is 1. The second-order valence-electron chi connectivity index (χ2n) is 23.6. The van der Waals surface area contributed by atoms with Crippen molar-refractivity contribution in [2.45, 2.75) is 398 Å². The van der Waals surface area contributed by atoms with Crippen molar-refractivity contribution in [3.63, 3.8) is 0 Å². The summed E-state index contributed by atoms with van der Waals surface area (Å²) in [5, 5.41) is 23.2. The first kappa shape index (κ1) is 72.6. The van der Waals surface area contributed by atoms with Gasteiger partial charge in [0.05, 0.1) is 18.8 Å². The van der Waals surface area contributed by atoms with Gasteiger partial charge in [0.25, 0.3) is 0 Å². The molecular weight excluding hydrogens is 903 g/mol. The summed E-state index contributed by atoms with van der Waals surface area (Å²) >= 11 is 0. The van der Waals surface area contributed by atoms with Gasteiger partial charge in [-0.3, -0.25) is 4.79 Å². The fraction of sp³-hybridized carbons (Fsp3) is 0.900. The molecule has 0 spiro atoms. The van der Waals surface area contributed by atoms with Crippen molar-refractivity contribution in [2.75, 3.05) is 6.61 Å². The Morgan fingerprint density at radius 3 is 0.784 bits per heavy atom. The summed E-state index contributed by atoms with van der Waals surface area (Å²) in [5.74, 6) is -0.0665. The highest BCUT2D eigenvalue weighted by Gasteiger charge is 2.18. The van der Waals surface area contributed by atoms with Crippen LogP contribution in [0.5, 0.6) is 0 Å². The standard InChI is InChI=1S/C70H135NO3/c1-3-5-7-9-11-13-15-17-19-21-23-25-27-29-30-31-32-33-34-35-36-37-38-39-40-42-44-46-48-50-52-54-56-58-60-62-64-66-70(74)71-68(67-72)69(73)65-63-61-59-57-55-53-51-49-47-45-43-41-28-26-24-22-20-18-16-14-12-10-8-6-4-2/h33-34,55,57,63,65,68-69,72-73H,3-32,35-54,56,58-62,64,66-67H2,1-2H3,(H,71,74)/b34-33-,57-55+,65-63+. The van der Waals surface area contributed by atoms with Crippen LogP contribution in [-0.2, 0) is 4.79 Å². The number of amides is 1. The third-order valence-electron chi connectivity index (χ3n) is 16.1. The fourth-order valence-corrected chi connectivity index (χ4v) is 10.9. The zero-order chi connectivity index (χ0) is 53.4. The molecule has 0 radical (unpaired) electrons. The first-order chi connectivity index (χ1) is 36.7. The molecule has 0 bridgehead atoms. The Morgan fingerprint density at radius 2 is 0.527 bits per heavy atom. The van der Waals surface area contributed by atoms with Crippen molar-refractivity contribution in [1.82, 2.24) is 5.32 Å². The fourth-order valence-electron chi connectivity index (χ4n) is 10.9. The minimum Gasteiger partial charge on any atom is -0.394 e. The Balaban J connectivity index is 3.44. The predicted molar refractivity (Wildman–Crippen MR) is 332 cm³/mol. The van der Waals surface area contributed by atoms with E-state index in [1.54, 1.807) is 6.08 Å². The number of unbranched alkanes of at least 4 members (excludes halogenated alkanes) is 53. The van der Waals surface area contributed by atoms with Crippen LogP contribution in [-0.4, -0.2) is 34.9 Å². The molecule has 2 atom stereocenters. The maximum Gasteiger partial charge on any atom is 0.220 e. The van der Waals surface area contributed by atoms with Gasteiger partial charge in [-0.15, -0.1) is 0 Å². The maximum atomic E-state index is 12.5. The number of hydrogen-bond donors (Lipinski definition) is 3.